The molecule has 0 saturated heterocycles. The number of esters is 1. The van der Waals surface area contributed by atoms with Crippen LogP contribution in [0.1, 0.15) is 27.2 Å². The van der Waals surface area contributed by atoms with Gasteiger partial charge in [-0.05, 0) is 11.6 Å². The minimum absolute atomic E-state index is 0.176. The van der Waals surface area contributed by atoms with Gasteiger partial charge < -0.3 is 14.6 Å². The maximum Gasteiger partial charge on any atom is 0.341 e. The van der Waals surface area contributed by atoms with Crippen LogP contribution in [0.3, 0.4) is 0 Å². The topological polar surface area (TPSA) is 73.6 Å². The molecule has 22 heavy (non-hydrogen) atoms. The molecule has 0 bridgehead atoms. The van der Waals surface area contributed by atoms with Gasteiger partial charge in [0, 0.05) is 18.9 Å². The number of rotatable bonds is 6. The molecule has 0 radical (unpaired) electrons. The monoisotopic (exact) mass is 308 g/mol. The Balaban J connectivity index is 2.26. The largest absolute Gasteiger partial charge is 0.465 e. The van der Waals surface area contributed by atoms with Gasteiger partial charge in [0.25, 0.3) is 0 Å². The predicted octanol–water partition coefficient (Wildman–Crippen LogP) is 1.50. The fourth-order valence-corrected chi connectivity index (χ4v) is 2.07. The summed E-state index contributed by atoms with van der Waals surface area (Å²) in [4.78, 5) is 11.7. The van der Waals surface area contributed by atoms with Gasteiger partial charge in [-0.2, -0.15) is 5.10 Å². The second-order valence-electron chi connectivity index (χ2n) is 4.70. The number of aromatic nitrogens is 2. The third-order valence-electron chi connectivity index (χ3n) is 3.16. The average molecular weight is 308 g/mol. The first kappa shape index (κ1) is 16.1. The number of aliphatic hydroxyl groups is 1. The summed E-state index contributed by atoms with van der Waals surface area (Å²) < 4.78 is 24.9. The fourth-order valence-electron chi connectivity index (χ4n) is 2.07. The molecule has 1 heterocycles. The SMILES string of the molecule is COCc1nn(Cc2ccc(CO)c(F)c2)cc1C(=O)OC. The first-order valence-electron chi connectivity index (χ1n) is 6.60. The molecule has 0 atom stereocenters. The van der Waals surface area contributed by atoms with Crippen LogP contribution in [0.5, 0.6) is 0 Å². The molecule has 0 aliphatic heterocycles. The van der Waals surface area contributed by atoms with Crippen LogP contribution in [0, 0.1) is 5.82 Å². The maximum absolute atomic E-state index is 13.7. The normalized spacial score (nSPS) is 10.7. The minimum Gasteiger partial charge on any atom is -0.465 e. The van der Waals surface area contributed by atoms with Gasteiger partial charge in [-0.25, -0.2) is 9.18 Å². The van der Waals surface area contributed by atoms with Crippen molar-refractivity contribution in [2.45, 2.75) is 19.8 Å². The Kier molecular flexibility index (Phi) is 5.24. The van der Waals surface area contributed by atoms with Crippen molar-refractivity contribution in [3.63, 3.8) is 0 Å². The van der Waals surface area contributed by atoms with E-state index in [4.69, 9.17) is 14.6 Å². The van der Waals surface area contributed by atoms with Crippen molar-refractivity contribution in [2.24, 2.45) is 0 Å². The summed E-state index contributed by atoms with van der Waals surface area (Å²) >= 11 is 0. The molecule has 2 aromatic rings. The Morgan fingerprint density at radius 2 is 2.18 bits per heavy atom. The van der Waals surface area contributed by atoms with E-state index in [9.17, 15) is 9.18 Å². The third-order valence-corrected chi connectivity index (χ3v) is 3.16. The van der Waals surface area contributed by atoms with E-state index < -0.39 is 11.8 Å². The Morgan fingerprint density at radius 3 is 2.77 bits per heavy atom. The molecule has 1 aromatic heterocycles. The first-order chi connectivity index (χ1) is 10.6. The van der Waals surface area contributed by atoms with E-state index in [-0.39, 0.29) is 25.3 Å². The fraction of sp³-hybridized carbons (Fsp3) is 0.333. The lowest BCUT2D eigenvalue weighted by Crippen LogP contribution is -2.04. The van der Waals surface area contributed by atoms with Gasteiger partial charge in [-0.1, -0.05) is 12.1 Å². The second kappa shape index (κ2) is 7.15. The van der Waals surface area contributed by atoms with E-state index in [1.165, 1.54) is 37.2 Å². The third kappa shape index (κ3) is 3.49. The van der Waals surface area contributed by atoms with Crippen LogP contribution >= 0.6 is 0 Å². The van der Waals surface area contributed by atoms with Gasteiger partial charge in [0.05, 0.1) is 26.9 Å². The van der Waals surface area contributed by atoms with Crippen LogP contribution < -0.4 is 0 Å². The van der Waals surface area contributed by atoms with E-state index in [2.05, 4.69) is 5.10 Å². The van der Waals surface area contributed by atoms with Gasteiger partial charge in [0.15, 0.2) is 0 Å². The number of methoxy groups -OCH3 is 2. The highest BCUT2D eigenvalue weighted by atomic mass is 19.1. The summed E-state index contributed by atoms with van der Waals surface area (Å²) in [6, 6.07) is 4.55. The lowest BCUT2D eigenvalue weighted by Gasteiger charge is -2.04. The van der Waals surface area contributed by atoms with Gasteiger partial charge in [0.1, 0.15) is 17.1 Å². The number of nitrogens with zero attached hydrogens (tertiary/aromatic N) is 2. The summed E-state index contributed by atoms with van der Waals surface area (Å²) in [5, 5.41) is 13.2. The minimum atomic E-state index is -0.500. The summed E-state index contributed by atoms with van der Waals surface area (Å²) in [5.41, 5.74) is 1.68. The number of hydrogen-bond donors (Lipinski definition) is 1. The van der Waals surface area contributed by atoms with Crippen molar-refractivity contribution in [3.8, 4) is 0 Å². The molecular formula is C15H17FN2O4. The zero-order valence-corrected chi connectivity index (χ0v) is 12.4. The molecule has 2 rings (SSSR count). The smallest absolute Gasteiger partial charge is 0.341 e. The molecule has 7 heteroatoms. The predicted molar refractivity (Wildman–Crippen MR) is 75.7 cm³/mol. The second-order valence-corrected chi connectivity index (χ2v) is 4.70. The Labute approximate surface area is 127 Å². The first-order valence-corrected chi connectivity index (χ1v) is 6.60. The summed E-state index contributed by atoms with van der Waals surface area (Å²) in [6.07, 6.45) is 1.54. The highest BCUT2D eigenvalue weighted by molar-refractivity contribution is 5.90. The van der Waals surface area contributed by atoms with Crippen molar-refractivity contribution in [1.29, 1.82) is 0 Å². The van der Waals surface area contributed by atoms with Crippen molar-refractivity contribution in [2.75, 3.05) is 14.2 Å². The van der Waals surface area contributed by atoms with E-state index in [0.29, 0.717) is 16.8 Å². The summed E-state index contributed by atoms with van der Waals surface area (Å²) in [6.45, 7) is 0.115. The molecule has 1 aromatic carbocycles. The zero-order chi connectivity index (χ0) is 16.1. The number of aliphatic hydroxyl groups excluding tert-OH is 1. The summed E-state index contributed by atoms with van der Waals surface area (Å²) in [5.74, 6) is -0.974. The van der Waals surface area contributed by atoms with Crippen molar-refractivity contribution in [3.05, 3.63) is 52.6 Å². The average Bonchev–Trinajstić information content (AvgIpc) is 2.89. The number of halogens is 1. The molecule has 0 aliphatic rings. The van der Waals surface area contributed by atoms with E-state index >= 15 is 0 Å². The lowest BCUT2D eigenvalue weighted by molar-refractivity contribution is 0.0595. The van der Waals surface area contributed by atoms with Gasteiger partial charge in [-0.3, -0.25) is 4.68 Å². The Bertz CT molecular complexity index is 670. The van der Waals surface area contributed by atoms with Crippen LogP contribution in [-0.4, -0.2) is 35.1 Å². The van der Waals surface area contributed by atoms with Crippen molar-refractivity contribution >= 4 is 5.97 Å². The van der Waals surface area contributed by atoms with Gasteiger partial charge >= 0.3 is 5.97 Å². The van der Waals surface area contributed by atoms with E-state index in [1.807, 2.05) is 0 Å². The molecule has 0 saturated carbocycles. The van der Waals surface area contributed by atoms with Crippen molar-refractivity contribution in [1.82, 2.24) is 9.78 Å². The molecule has 1 N–H and O–H groups in total. The summed E-state index contributed by atoms with van der Waals surface area (Å²) in [7, 11) is 2.79. The highest BCUT2D eigenvalue weighted by Crippen LogP contribution is 2.14. The van der Waals surface area contributed by atoms with Crippen molar-refractivity contribution < 1.29 is 23.8 Å². The molecule has 0 amide bonds. The Hall–Kier alpha value is -2.25. The van der Waals surface area contributed by atoms with Crippen LogP contribution in [0.4, 0.5) is 4.39 Å². The Morgan fingerprint density at radius 1 is 1.41 bits per heavy atom. The molecule has 6 nitrogen and oxygen atoms in total. The van der Waals surface area contributed by atoms with E-state index in [1.54, 1.807) is 6.07 Å². The van der Waals surface area contributed by atoms with E-state index in [0.717, 1.165) is 0 Å². The number of hydrogen-bond acceptors (Lipinski definition) is 5. The number of ether oxygens (including phenoxy) is 2. The highest BCUT2D eigenvalue weighted by Gasteiger charge is 2.17. The quantitative estimate of drug-likeness (QED) is 0.819. The molecule has 0 fully saturated rings. The number of benzene rings is 1. The molecule has 118 valence electrons. The molecule has 0 unspecified atom stereocenters. The standard InChI is InChI=1S/C15H17FN2O4/c1-21-9-14-12(15(20)22-2)7-18(17-14)6-10-3-4-11(8-19)13(16)5-10/h3-5,7,19H,6,8-9H2,1-2H3. The molecule has 0 spiro atoms. The van der Waals surface area contributed by atoms with Crippen LogP contribution in [0.2, 0.25) is 0 Å². The lowest BCUT2D eigenvalue weighted by atomic mass is 10.1. The maximum atomic E-state index is 13.7. The number of carbonyl (C=O) groups is 1. The molecule has 0 aliphatic carbocycles. The van der Waals surface area contributed by atoms with Gasteiger partial charge in [0.2, 0.25) is 0 Å². The molecular weight excluding hydrogens is 291 g/mol. The van der Waals surface area contributed by atoms with Crippen LogP contribution in [0.15, 0.2) is 24.4 Å². The van der Waals surface area contributed by atoms with Crippen LogP contribution in [0.25, 0.3) is 0 Å². The van der Waals surface area contributed by atoms with Gasteiger partial charge in [-0.15, -0.1) is 0 Å². The zero-order valence-electron chi connectivity index (χ0n) is 12.4. The van der Waals surface area contributed by atoms with Crippen LogP contribution in [-0.2, 0) is 29.2 Å². The number of carbonyl (C=O) groups excluding carboxylic acids is 1.